The molecular weight excluding hydrogens is 384 g/mol. The van der Waals surface area contributed by atoms with Crippen molar-refractivity contribution in [3.05, 3.63) is 68.7 Å². The Labute approximate surface area is 157 Å². The minimum atomic E-state index is -0.318. The molecule has 0 heterocycles. The summed E-state index contributed by atoms with van der Waals surface area (Å²) in [5, 5.41) is 0. The summed E-state index contributed by atoms with van der Waals surface area (Å²) in [6.45, 7) is 6.01. The number of ether oxygens (including phenoxy) is 2. The van der Waals surface area contributed by atoms with Crippen LogP contribution in [-0.4, -0.2) is 26.2 Å². The van der Waals surface area contributed by atoms with Crippen LogP contribution in [0.1, 0.15) is 44.3 Å². The van der Waals surface area contributed by atoms with Crippen molar-refractivity contribution in [1.29, 1.82) is 0 Å². The van der Waals surface area contributed by atoms with Crippen LogP contribution < -0.4 is 0 Å². The molecule has 0 aromatic heterocycles. The molecule has 2 aromatic rings. The maximum absolute atomic E-state index is 11.3. The van der Waals surface area contributed by atoms with Crippen molar-refractivity contribution in [2.24, 2.45) is 0 Å². The van der Waals surface area contributed by atoms with Crippen LogP contribution >= 0.6 is 15.9 Å². The van der Waals surface area contributed by atoms with E-state index in [1.165, 1.54) is 19.8 Å². The second-order valence-corrected chi connectivity index (χ2v) is 6.33. The second kappa shape index (κ2) is 9.99. The molecule has 4 nitrogen and oxygen atoms in total. The highest BCUT2D eigenvalue weighted by molar-refractivity contribution is 9.10. The third kappa shape index (κ3) is 6.02. The highest BCUT2D eigenvalue weighted by Crippen LogP contribution is 2.18. The van der Waals surface area contributed by atoms with Gasteiger partial charge in [0.05, 0.1) is 25.3 Å². The molecule has 0 atom stereocenters. The first kappa shape index (κ1) is 20.9. The van der Waals surface area contributed by atoms with Crippen LogP contribution in [-0.2, 0) is 15.9 Å². The summed E-state index contributed by atoms with van der Waals surface area (Å²) in [6, 6.07) is 11.3. The van der Waals surface area contributed by atoms with E-state index in [2.05, 4.69) is 25.4 Å². The van der Waals surface area contributed by atoms with Gasteiger partial charge >= 0.3 is 11.9 Å². The molecule has 0 aliphatic rings. The van der Waals surface area contributed by atoms with Crippen LogP contribution in [0.15, 0.2) is 40.9 Å². The van der Waals surface area contributed by atoms with Gasteiger partial charge in [-0.2, -0.15) is 0 Å². The van der Waals surface area contributed by atoms with Gasteiger partial charge in [0.25, 0.3) is 0 Å². The van der Waals surface area contributed by atoms with Gasteiger partial charge in [0, 0.05) is 4.47 Å². The quantitative estimate of drug-likeness (QED) is 0.680. The van der Waals surface area contributed by atoms with Crippen LogP contribution in [0.4, 0.5) is 0 Å². The van der Waals surface area contributed by atoms with E-state index in [0.29, 0.717) is 11.1 Å². The number of carbonyl (C=O) groups is 2. The lowest BCUT2D eigenvalue weighted by molar-refractivity contribution is 0.0590. The van der Waals surface area contributed by atoms with Crippen molar-refractivity contribution in [2.75, 3.05) is 14.2 Å². The first-order chi connectivity index (χ1) is 11.8. The molecule has 2 aromatic carbocycles. The van der Waals surface area contributed by atoms with Crippen molar-refractivity contribution in [2.45, 2.75) is 27.2 Å². The van der Waals surface area contributed by atoms with Crippen LogP contribution in [0.5, 0.6) is 0 Å². The number of carbonyl (C=O) groups excluding carboxylic acids is 2. The van der Waals surface area contributed by atoms with Crippen LogP contribution in [0, 0.1) is 13.8 Å². The summed E-state index contributed by atoms with van der Waals surface area (Å²) in [4.78, 5) is 22.4. The fraction of sp³-hybridized carbons (Fsp3) is 0.300. The summed E-state index contributed by atoms with van der Waals surface area (Å²) < 4.78 is 10.0. The predicted octanol–water partition coefficient (Wildman–Crippen LogP) is 4.89. The normalized spacial score (nSPS) is 9.68. The molecule has 5 heteroatoms. The van der Waals surface area contributed by atoms with E-state index in [1.54, 1.807) is 6.07 Å². The molecule has 0 aliphatic carbocycles. The Morgan fingerprint density at radius 3 is 1.84 bits per heavy atom. The van der Waals surface area contributed by atoms with E-state index >= 15 is 0 Å². The van der Waals surface area contributed by atoms with Gasteiger partial charge < -0.3 is 9.47 Å². The van der Waals surface area contributed by atoms with Crippen LogP contribution in [0.25, 0.3) is 0 Å². The number of rotatable bonds is 3. The lowest BCUT2D eigenvalue weighted by Crippen LogP contribution is -2.05. The third-order valence-corrected chi connectivity index (χ3v) is 4.23. The Balaban J connectivity index is 0.000000251. The molecule has 25 heavy (non-hydrogen) atoms. The van der Waals surface area contributed by atoms with E-state index < -0.39 is 0 Å². The Morgan fingerprint density at radius 2 is 1.36 bits per heavy atom. The molecule has 2 rings (SSSR count). The zero-order chi connectivity index (χ0) is 19.0. The average molecular weight is 407 g/mol. The van der Waals surface area contributed by atoms with Crippen molar-refractivity contribution in [3.63, 3.8) is 0 Å². The van der Waals surface area contributed by atoms with Gasteiger partial charge in [0.1, 0.15) is 0 Å². The fourth-order valence-electron chi connectivity index (χ4n) is 2.22. The molecule has 134 valence electrons. The average Bonchev–Trinajstić information content (AvgIpc) is 2.60. The molecule has 0 N–H and O–H groups in total. The summed E-state index contributed by atoms with van der Waals surface area (Å²) in [5.41, 5.74) is 4.56. The Bertz CT molecular complexity index is 753. The maximum Gasteiger partial charge on any atom is 0.338 e. The number of benzene rings is 2. The summed E-state index contributed by atoms with van der Waals surface area (Å²) in [6.07, 6.45) is 0.853. The number of esters is 2. The molecule has 0 radical (unpaired) electrons. The zero-order valence-electron chi connectivity index (χ0n) is 15.2. The van der Waals surface area contributed by atoms with E-state index in [4.69, 9.17) is 0 Å². The number of hydrogen-bond acceptors (Lipinski definition) is 4. The summed E-state index contributed by atoms with van der Waals surface area (Å²) in [5.74, 6) is -0.571. The second-order valence-electron chi connectivity index (χ2n) is 5.48. The van der Waals surface area contributed by atoms with Crippen molar-refractivity contribution >= 4 is 27.9 Å². The standard InChI is InChI=1S/C11H14O2.C9H9BrO2/c1-4-9-7-8(2)5-6-10(9)11(12)13-3;1-6-3-4-7(8(10)5-6)9(11)12-2/h5-7H,4H2,1-3H3;3-5H,1-2H3. The van der Waals surface area contributed by atoms with Crippen LogP contribution in [0.3, 0.4) is 0 Å². The van der Waals surface area contributed by atoms with Crippen molar-refractivity contribution in [1.82, 2.24) is 0 Å². The number of hydrogen-bond donors (Lipinski definition) is 0. The van der Waals surface area contributed by atoms with Gasteiger partial charge in [-0.3, -0.25) is 0 Å². The molecule has 0 amide bonds. The topological polar surface area (TPSA) is 52.6 Å². The highest BCUT2D eigenvalue weighted by Gasteiger charge is 2.10. The minimum absolute atomic E-state index is 0.253. The molecule has 0 unspecified atom stereocenters. The largest absolute Gasteiger partial charge is 0.465 e. The summed E-state index contributed by atoms with van der Waals surface area (Å²) in [7, 11) is 2.77. The molecule has 0 saturated heterocycles. The Morgan fingerprint density at radius 1 is 0.880 bits per heavy atom. The number of aryl methyl sites for hydroxylation is 3. The molecule has 0 aliphatic heterocycles. The van der Waals surface area contributed by atoms with Gasteiger partial charge in [-0.1, -0.05) is 30.7 Å². The van der Waals surface area contributed by atoms with Gasteiger partial charge in [-0.05, 0) is 65.5 Å². The Kier molecular flexibility index (Phi) is 8.35. The van der Waals surface area contributed by atoms with Crippen LogP contribution in [0.2, 0.25) is 0 Å². The fourth-order valence-corrected chi connectivity index (χ4v) is 2.87. The van der Waals surface area contributed by atoms with E-state index in [-0.39, 0.29) is 11.9 Å². The van der Waals surface area contributed by atoms with E-state index in [1.807, 2.05) is 51.1 Å². The first-order valence-corrected chi connectivity index (χ1v) is 8.65. The van der Waals surface area contributed by atoms with Crippen molar-refractivity contribution < 1.29 is 19.1 Å². The first-order valence-electron chi connectivity index (χ1n) is 7.86. The van der Waals surface area contributed by atoms with Gasteiger partial charge in [-0.25, -0.2) is 9.59 Å². The molecule has 0 bridgehead atoms. The van der Waals surface area contributed by atoms with Gasteiger partial charge in [0.2, 0.25) is 0 Å². The smallest absolute Gasteiger partial charge is 0.338 e. The molecule has 0 saturated carbocycles. The zero-order valence-corrected chi connectivity index (χ0v) is 16.8. The van der Waals surface area contributed by atoms with Crippen molar-refractivity contribution in [3.8, 4) is 0 Å². The minimum Gasteiger partial charge on any atom is -0.465 e. The molecular formula is C20H23BrO4. The van der Waals surface area contributed by atoms with E-state index in [0.717, 1.165) is 22.0 Å². The van der Waals surface area contributed by atoms with Gasteiger partial charge in [0.15, 0.2) is 0 Å². The Hall–Kier alpha value is -2.14. The van der Waals surface area contributed by atoms with Gasteiger partial charge in [-0.15, -0.1) is 0 Å². The third-order valence-electron chi connectivity index (χ3n) is 3.58. The predicted molar refractivity (Wildman–Crippen MR) is 102 cm³/mol. The SMILES string of the molecule is CCc1cc(C)ccc1C(=O)OC.COC(=O)c1ccc(C)cc1Br. The lowest BCUT2D eigenvalue weighted by atomic mass is 10.0. The summed E-state index contributed by atoms with van der Waals surface area (Å²) >= 11 is 3.29. The maximum atomic E-state index is 11.3. The molecule has 0 fully saturated rings. The number of halogens is 1. The highest BCUT2D eigenvalue weighted by atomic mass is 79.9. The van der Waals surface area contributed by atoms with E-state index in [9.17, 15) is 9.59 Å². The lowest BCUT2D eigenvalue weighted by Gasteiger charge is -2.06. The number of methoxy groups -OCH3 is 2. The monoisotopic (exact) mass is 406 g/mol. The molecule has 0 spiro atoms.